The summed E-state index contributed by atoms with van der Waals surface area (Å²) in [5.74, 6) is 0.285. The third kappa shape index (κ3) is 4.72. The van der Waals surface area contributed by atoms with Crippen LogP contribution in [0, 0.1) is 6.92 Å². The molecule has 36 heavy (non-hydrogen) atoms. The van der Waals surface area contributed by atoms with Gasteiger partial charge in [-0.1, -0.05) is 30.4 Å². The number of aryl methyl sites for hydroxylation is 1. The number of hydrogen-bond donors (Lipinski definition) is 5. The van der Waals surface area contributed by atoms with E-state index in [1.165, 1.54) is 30.3 Å². The Morgan fingerprint density at radius 2 is 1.22 bits per heavy atom. The Kier molecular flexibility index (Phi) is 5.82. The Bertz CT molecular complexity index is 1430. The van der Waals surface area contributed by atoms with E-state index in [1.807, 2.05) is 37.3 Å². The third-order valence-corrected chi connectivity index (χ3v) is 5.88. The smallest absolute Gasteiger partial charge is 0.165 e. The fourth-order valence-corrected chi connectivity index (χ4v) is 4.28. The molecular formula is C29H24O7. The van der Waals surface area contributed by atoms with Gasteiger partial charge in [0, 0.05) is 17.2 Å². The van der Waals surface area contributed by atoms with E-state index in [-0.39, 0.29) is 28.7 Å². The SMILES string of the molecule is Cc1cc(O)cc(/C=C/c2ccc3c(c2)OC(c2cc(O)cc(O)c2)C(c2ccc(O)c(O)c2)O3)c1. The lowest BCUT2D eigenvalue weighted by molar-refractivity contribution is 0.0180. The van der Waals surface area contributed by atoms with Gasteiger partial charge < -0.3 is 35.0 Å². The summed E-state index contributed by atoms with van der Waals surface area (Å²) in [4.78, 5) is 0. The highest BCUT2D eigenvalue weighted by Crippen LogP contribution is 2.48. The van der Waals surface area contributed by atoms with Gasteiger partial charge in [-0.3, -0.25) is 0 Å². The Morgan fingerprint density at radius 1 is 0.556 bits per heavy atom. The van der Waals surface area contributed by atoms with E-state index < -0.39 is 12.2 Å². The summed E-state index contributed by atoms with van der Waals surface area (Å²) in [6.07, 6.45) is 2.23. The van der Waals surface area contributed by atoms with Gasteiger partial charge in [-0.05, 0) is 72.1 Å². The molecule has 0 aliphatic carbocycles. The molecule has 7 heteroatoms. The van der Waals surface area contributed by atoms with Gasteiger partial charge in [-0.2, -0.15) is 0 Å². The first-order chi connectivity index (χ1) is 17.2. The van der Waals surface area contributed by atoms with Crippen LogP contribution in [0.1, 0.15) is 40.0 Å². The lowest BCUT2D eigenvalue weighted by Crippen LogP contribution is -2.26. The number of aromatic hydroxyl groups is 5. The van der Waals surface area contributed by atoms with Crippen molar-refractivity contribution < 1.29 is 35.0 Å². The van der Waals surface area contributed by atoms with Crippen molar-refractivity contribution in [1.82, 2.24) is 0 Å². The van der Waals surface area contributed by atoms with Crippen LogP contribution in [0.25, 0.3) is 12.2 Å². The van der Waals surface area contributed by atoms with Crippen LogP contribution < -0.4 is 9.47 Å². The van der Waals surface area contributed by atoms with Crippen molar-refractivity contribution in [3.63, 3.8) is 0 Å². The second-order valence-electron chi connectivity index (χ2n) is 8.75. The highest BCUT2D eigenvalue weighted by atomic mass is 16.6. The summed E-state index contributed by atoms with van der Waals surface area (Å²) in [7, 11) is 0. The van der Waals surface area contributed by atoms with Crippen molar-refractivity contribution in [2.45, 2.75) is 19.1 Å². The topological polar surface area (TPSA) is 120 Å². The first-order valence-electron chi connectivity index (χ1n) is 11.3. The van der Waals surface area contributed by atoms with Gasteiger partial charge in [0.1, 0.15) is 17.2 Å². The summed E-state index contributed by atoms with van der Waals surface area (Å²) >= 11 is 0. The molecule has 5 N–H and O–H groups in total. The molecular weight excluding hydrogens is 460 g/mol. The third-order valence-electron chi connectivity index (χ3n) is 5.88. The van der Waals surface area contributed by atoms with Gasteiger partial charge in [0.15, 0.2) is 35.2 Å². The lowest BCUT2D eigenvalue weighted by atomic mass is 9.95. The van der Waals surface area contributed by atoms with Crippen LogP contribution in [0.5, 0.6) is 40.2 Å². The van der Waals surface area contributed by atoms with Gasteiger partial charge in [-0.25, -0.2) is 0 Å². The second-order valence-corrected chi connectivity index (χ2v) is 8.75. The summed E-state index contributed by atoms with van der Waals surface area (Å²) in [6.45, 7) is 1.91. The minimum Gasteiger partial charge on any atom is -0.508 e. The van der Waals surface area contributed by atoms with Crippen LogP contribution in [0.15, 0.2) is 72.8 Å². The molecule has 182 valence electrons. The van der Waals surface area contributed by atoms with E-state index in [2.05, 4.69) is 0 Å². The Balaban J connectivity index is 1.52. The minimum absolute atomic E-state index is 0.134. The van der Waals surface area contributed by atoms with Crippen molar-refractivity contribution in [2.24, 2.45) is 0 Å². The van der Waals surface area contributed by atoms with Crippen LogP contribution in [-0.2, 0) is 0 Å². The molecule has 4 aromatic rings. The van der Waals surface area contributed by atoms with E-state index in [1.54, 1.807) is 24.3 Å². The molecule has 4 aromatic carbocycles. The normalized spacial score (nSPS) is 16.8. The van der Waals surface area contributed by atoms with E-state index >= 15 is 0 Å². The maximum Gasteiger partial charge on any atom is 0.165 e. The quantitative estimate of drug-likeness (QED) is 0.179. The monoisotopic (exact) mass is 484 g/mol. The van der Waals surface area contributed by atoms with Crippen molar-refractivity contribution in [2.75, 3.05) is 0 Å². The molecule has 0 saturated carbocycles. The van der Waals surface area contributed by atoms with E-state index in [0.717, 1.165) is 16.7 Å². The zero-order valence-electron chi connectivity index (χ0n) is 19.3. The van der Waals surface area contributed by atoms with Gasteiger partial charge in [-0.15, -0.1) is 0 Å². The summed E-state index contributed by atoms with van der Waals surface area (Å²) in [5, 5.41) is 49.8. The molecule has 0 fully saturated rings. The number of phenolic OH excluding ortho intramolecular Hbond substituents is 5. The maximum atomic E-state index is 10.1. The Labute approximate surface area is 207 Å². The second kappa shape index (κ2) is 9.11. The van der Waals surface area contributed by atoms with Crippen LogP contribution in [0.3, 0.4) is 0 Å². The highest BCUT2D eigenvalue weighted by molar-refractivity contribution is 5.72. The van der Waals surface area contributed by atoms with Crippen LogP contribution in [-0.4, -0.2) is 25.5 Å². The zero-order chi connectivity index (χ0) is 25.4. The van der Waals surface area contributed by atoms with Gasteiger partial charge >= 0.3 is 0 Å². The molecule has 0 aromatic heterocycles. The molecule has 1 heterocycles. The molecule has 0 bridgehead atoms. The van der Waals surface area contributed by atoms with Crippen LogP contribution in [0.2, 0.25) is 0 Å². The number of rotatable bonds is 4. The van der Waals surface area contributed by atoms with E-state index in [4.69, 9.17) is 9.47 Å². The molecule has 0 amide bonds. The molecule has 1 aliphatic heterocycles. The van der Waals surface area contributed by atoms with Crippen molar-refractivity contribution in [3.8, 4) is 40.2 Å². The number of hydrogen-bond acceptors (Lipinski definition) is 7. The van der Waals surface area contributed by atoms with E-state index in [0.29, 0.717) is 22.6 Å². The number of ether oxygens (including phenoxy) is 2. The van der Waals surface area contributed by atoms with Gasteiger partial charge in [0.2, 0.25) is 0 Å². The van der Waals surface area contributed by atoms with Crippen LogP contribution >= 0.6 is 0 Å². The molecule has 0 saturated heterocycles. The van der Waals surface area contributed by atoms with Gasteiger partial charge in [0.25, 0.3) is 0 Å². The standard InChI is InChI=1S/C29H24O7/c1-16-8-18(10-21(30)9-16)3-2-17-4-7-26-27(11-17)36-29(20-12-22(31)15-23(32)13-20)28(35-26)19-5-6-24(33)25(34)14-19/h2-15,28-34H,1H3/b3-2+. The summed E-state index contributed by atoms with van der Waals surface area (Å²) in [5.41, 5.74) is 3.62. The van der Waals surface area contributed by atoms with E-state index in [9.17, 15) is 25.5 Å². The highest BCUT2D eigenvalue weighted by Gasteiger charge is 2.35. The molecule has 1 aliphatic rings. The summed E-state index contributed by atoms with van der Waals surface area (Å²) in [6, 6.07) is 19.3. The largest absolute Gasteiger partial charge is 0.508 e. The molecule has 0 spiro atoms. The number of benzene rings is 4. The minimum atomic E-state index is -0.785. The zero-order valence-corrected chi connectivity index (χ0v) is 19.3. The molecule has 2 atom stereocenters. The van der Waals surface area contributed by atoms with Crippen molar-refractivity contribution >= 4 is 12.2 Å². The predicted molar refractivity (Wildman–Crippen MR) is 134 cm³/mol. The fourth-order valence-electron chi connectivity index (χ4n) is 4.28. The Morgan fingerprint density at radius 3 is 1.94 bits per heavy atom. The first-order valence-corrected chi connectivity index (χ1v) is 11.3. The molecule has 7 nitrogen and oxygen atoms in total. The van der Waals surface area contributed by atoms with Crippen molar-refractivity contribution in [1.29, 1.82) is 0 Å². The molecule has 5 rings (SSSR count). The number of fused-ring (bicyclic) bond motifs is 1. The predicted octanol–water partition coefficient (Wildman–Crippen LogP) is 5.95. The number of phenols is 5. The summed E-state index contributed by atoms with van der Waals surface area (Å²) < 4.78 is 12.6. The lowest BCUT2D eigenvalue weighted by Gasteiger charge is -2.35. The Hall–Kier alpha value is -4.78. The molecule has 0 radical (unpaired) electrons. The van der Waals surface area contributed by atoms with Crippen LogP contribution in [0.4, 0.5) is 0 Å². The average Bonchev–Trinajstić information content (AvgIpc) is 2.82. The first kappa shape index (κ1) is 23.0. The van der Waals surface area contributed by atoms with Gasteiger partial charge in [0.05, 0.1) is 0 Å². The maximum absolute atomic E-state index is 10.1. The fraction of sp³-hybridized carbons (Fsp3) is 0.103. The average molecular weight is 485 g/mol. The van der Waals surface area contributed by atoms with Crippen molar-refractivity contribution in [3.05, 3.63) is 101 Å². The molecule has 2 unspecified atom stereocenters.